The monoisotopic (exact) mass is 1340 g/mol. The van der Waals surface area contributed by atoms with Crippen LogP contribution in [0.25, 0.3) is 0 Å². The zero-order chi connectivity index (χ0) is 65.6. The molecule has 0 amide bonds. The number of hydrogen-bond acceptors (Lipinski definition) is 15. The zero-order valence-corrected chi connectivity index (χ0v) is 61.9. The van der Waals surface area contributed by atoms with Crippen molar-refractivity contribution in [1.29, 1.82) is 0 Å². The third-order valence-corrected chi connectivity index (χ3v) is 30.8. The van der Waals surface area contributed by atoms with Crippen molar-refractivity contribution < 1.29 is 28.4 Å². The Balaban J connectivity index is 0.896. The van der Waals surface area contributed by atoms with Gasteiger partial charge in [-0.15, -0.1) is 0 Å². The van der Waals surface area contributed by atoms with E-state index in [1.807, 2.05) is 0 Å². The van der Waals surface area contributed by atoms with E-state index in [1.54, 1.807) is 0 Å². The number of nitrogens with one attached hydrogen (secondary N) is 9. The minimum absolute atomic E-state index is 0.00351. The summed E-state index contributed by atoms with van der Waals surface area (Å²) in [5.41, 5.74) is 0. The molecule has 9 aliphatic carbocycles. The first-order valence-corrected chi connectivity index (χ1v) is 42.8. The Bertz CT molecular complexity index is 2260. The van der Waals surface area contributed by atoms with Crippen LogP contribution in [-0.2, 0) is 28.4 Å². The van der Waals surface area contributed by atoms with Gasteiger partial charge >= 0.3 is 0 Å². The van der Waals surface area contributed by atoms with Crippen molar-refractivity contribution in [2.45, 2.75) is 340 Å². The first-order chi connectivity index (χ1) is 47.2. The molecule has 9 N–H and O–H groups in total. The maximum atomic E-state index is 7.82. The zero-order valence-electron chi connectivity index (χ0n) is 61.9. The molecule has 15 nitrogen and oxygen atoms in total. The smallest absolute Gasteiger partial charge is 0.0790 e. The molecule has 36 unspecified atom stereocenters. The van der Waals surface area contributed by atoms with Crippen LogP contribution in [0.15, 0.2) is 0 Å². The second-order valence-electron chi connectivity index (χ2n) is 35.7. The van der Waals surface area contributed by atoms with Gasteiger partial charge in [-0.25, -0.2) is 0 Å². The summed E-state index contributed by atoms with van der Waals surface area (Å²) >= 11 is 0. The largest absolute Gasteiger partial charge is 0.378 e. The third kappa shape index (κ3) is 13.7. The van der Waals surface area contributed by atoms with E-state index in [2.05, 4.69) is 71.3 Å². The molecule has 6 saturated heterocycles. The van der Waals surface area contributed by atoms with E-state index in [0.717, 1.165) is 147 Å². The third-order valence-electron chi connectivity index (χ3n) is 30.8. The SMILES string of the molecule is CCCCOC1C2CCCCC2C(C)C2C3NC(NC4NC(NC5NC(NC6NC(N3)C3C(OCCCC)C7CC8CCCCC8CC7C(OCCCC)C63)C3C(C)C6CCCNC6C(OCCCC)C53)C3C(OCCCC)C5CC6CCCCC6CC5C(OCCCC)C43)C12. The number of fused-ring (bicyclic) bond motifs is 26. The van der Waals surface area contributed by atoms with Gasteiger partial charge in [0.1, 0.15) is 0 Å². The number of piperidine rings is 1. The van der Waals surface area contributed by atoms with E-state index in [0.29, 0.717) is 71.1 Å². The molecule has 548 valence electrons. The summed E-state index contributed by atoms with van der Waals surface area (Å²) in [6.45, 7) is 25.6. The molecular formula is C81H143N9O6. The van der Waals surface area contributed by atoms with Crippen LogP contribution in [-0.4, -0.2) is 138 Å². The van der Waals surface area contributed by atoms with Crippen LogP contribution in [0.1, 0.15) is 248 Å². The van der Waals surface area contributed by atoms with Gasteiger partial charge in [-0.2, -0.15) is 0 Å². The molecule has 0 aromatic heterocycles. The lowest BCUT2D eigenvalue weighted by Gasteiger charge is -2.57. The Morgan fingerprint density at radius 3 is 0.844 bits per heavy atom. The minimum atomic E-state index is -0.0217. The van der Waals surface area contributed by atoms with E-state index in [9.17, 15) is 0 Å². The Kier molecular flexibility index (Phi) is 24.0. The highest BCUT2D eigenvalue weighted by Gasteiger charge is 2.69. The number of hydrogen-bond donors (Lipinski definition) is 9. The molecule has 36 atom stereocenters. The van der Waals surface area contributed by atoms with Crippen LogP contribution in [0, 0.1) is 124 Å². The minimum Gasteiger partial charge on any atom is -0.378 e. The highest BCUT2D eigenvalue weighted by Crippen LogP contribution is 2.61. The van der Waals surface area contributed by atoms with E-state index >= 15 is 0 Å². The van der Waals surface area contributed by atoms with Gasteiger partial charge < -0.3 is 33.7 Å². The molecule has 15 rings (SSSR count). The number of unbranched alkanes of at least 4 members (excludes halogenated alkanes) is 6. The molecule has 0 aromatic carbocycles. The molecule has 6 heterocycles. The Labute approximate surface area is 583 Å². The van der Waals surface area contributed by atoms with Crippen molar-refractivity contribution >= 4 is 0 Å². The lowest BCUT2D eigenvalue weighted by Crippen LogP contribution is -2.66. The summed E-state index contributed by atoms with van der Waals surface area (Å²) < 4.78 is 46.6. The quantitative estimate of drug-likeness (QED) is 0.0419. The molecule has 15 heteroatoms. The molecule has 8 bridgehead atoms. The molecule has 96 heavy (non-hydrogen) atoms. The second-order valence-corrected chi connectivity index (χ2v) is 35.7. The Morgan fingerprint density at radius 1 is 0.260 bits per heavy atom. The molecule has 6 aliphatic heterocycles. The predicted molar refractivity (Wildman–Crippen MR) is 383 cm³/mol. The van der Waals surface area contributed by atoms with Crippen molar-refractivity contribution in [3.63, 3.8) is 0 Å². The standard InChI is InChI=1S/C81H143N9O6/c1-9-15-36-91-68-54-33-26-25-32-52(54)46(7)59-61(68)76-83-74(59)85-78-63-64(70(93-38-17-11-3)56-43-49-29-22-21-28-48(49)42-55(56)69(63)92-37-16-10-2)79(89-78)86-75-60-47(8)53-34-27-35-82-67(53)73(96-41-20-14-6)62(60)77(84-75)88-81-66-65(80(87-76)90-81)71(94-39-18-12-4)57-44-50-30-23-24-31-51(50)45-58(57)72(66)95-40-19-13-5/h46-90H,9-45H2,1-8H3. The van der Waals surface area contributed by atoms with E-state index in [4.69, 9.17) is 60.3 Å². The van der Waals surface area contributed by atoms with Crippen molar-refractivity contribution in [2.75, 3.05) is 46.2 Å². The number of ether oxygens (including phenoxy) is 6. The van der Waals surface area contributed by atoms with E-state index in [1.165, 1.54) is 116 Å². The van der Waals surface area contributed by atoms with Gasteiger partial charge in [-0.05, 0) is 185 Å². The molecule has 0 spiro atoms. The van der Waals surface area contributed by atoms with Crippen molar-refractivity contribution in [3.05, 3.63) is 0 Å². The average Bonchev–Trinajstić information content (AvgIpc) is 1.52. The Hall–Kier alpha value is -0.600. The van der Waals surface area contributed by atoms with Gasteiger partial charge in [0.05, 0.1) is 86.0 Å². The van der Waals surface area contributed by atoms with E-state index < -0.39 is 0 Å². The average molecular weight is 1340 g/mol. The summed E-state index contributed by atoms with van der Waals surface area (Å²) in [6, 6.07) is 0.320. The van der Waals surface area contributed by atoms with Gasteiger partial charge in [0.2, 0.25) is 0 Å². The molecule has 15 aliphatic rings. The fraction of sp³-hybridized carbons (Fsp3) is 1.00. The van der Waals surface area contributed by atoms with Crippen LogP contribution in [0.3, 0.4) is 0 Å². The van der Waals surface area contributed by atoms with Gasteiger partial charge in [0, 0.05) is 81.2 Å². The van der Waals surface area contributed by atoms with E-state index in [-0.39, 0.29) is 121 Å². The molecule has 9 saturated carbocycles. The van der Waals surface area contributed by atoms with Crippen molar-refractivity contribution in [3.8, 4) is 0 Å². The summed E-state index contributed by atoms with van der Waals surface area (Å²) in [7, 11) is 0. The van der Waals surface area contributed by atoms with Gasteiger partial charge in [-0.1, -0.05) is 158 Å². The normalized spacial score (nSPS) is 50.8. The first kappa shape index (κ1) is 71.0. The number of rotatable bonds is 24. The molecule has 0 radical (unpaired) electrons. The highest BCUT2D eigenvalue weighted by molar-refractivity contribution is 5.20. The molecule has 15 fully saturated rings. The maximum Gasteiger partial charge on any atom is 0.0790 e. The van der Waals surface area contributed by atoms with Crippen LogP contribution < -0.4 is 47.9 Å². The highest BCUT2D eigenvalue weighted by atomic mass is 16.5. The van der Waals surface area contributed by atoms with Crippen LogP contribution in [0.4, 0.5) is 0 Å². The van der Waals surface area contributed by atoms with Gasteiger partial charge in [-0.3, -0.25) is 42.5 Å². The van der Waals surface area contributed by atoms with Gasteiger partial charge in [0.25, 0.3) is 0 Å². The van der Waals surface area contributed by atoms with Crippen LogP contribution in [0.5, 0.6) is 0 Å². The lowest BCUT2D eigenvalue weighted by molar-refractivity contribution is -0.186. The summed E-state index contributed by atoms with van der Waals surface area (Å²) in [4.78, 5) is 0. The van der Waals surface area contributed by atoms with Crippen LogP contribution in [0.2, 0.25) is 0 Å². The fourth-order valence-electron chi connectivity index (χ4n) is 26.6. The Morgan fingerprint density at radius 2 is 0.510 bits per heavy atom. The maximum absolute atomic E-state index is 7.82. The molecule has 0 aromatic rings. The van der Waals surface area contributed by atoms with Gasteiger partial charge in [0.15, 0.2) is 0 Å². The summed E-state index contributed by atoms with van der Waals surface area (Å²) in [5.74, 6) is 9.93. The second kappa shape index (κ2) is 32.4. The van der Waals surface area contributed by atoms with Crippen molar-refractivity contribution in [1.82, 2.24) is 47.9 Å². The first-order valence-electron chi connectivity index (χ1n) is 42.8. The van der Waals surface area contributed by atoms with Crippen molar-refractivity contribution in [2.24, 2.45) is 124 Å². The fourth-order valence-corrected chi connectivity index (χ4v) is 26.6. The summed E-state index contributed by atoms with van der Waals surface area (Å²) in [6.07, 6.45) is 38.5. The predicted octanol–water partition coefficient (Wildman–Crippen LogP) is 12.6. The van der Waals surface area contributed by atoms with Crippen LogP contribution >= 0.6 is 0 Å². The topological polar surface area (TPSA) is 164 Å². The lowest BCUT2D eigenvalue weighted by atomic mass is 9.54. The molecular weight excluding hydrogens is 1190 g/mol. The summed E-state index contributed by atoms with van der Waals surface area (Å²) in [5, 5.41) is 42.1.